The highest BCUT2D eigenvalue weighted by atomic mass is 32.2. The third-order valence-electron chi connectivity index (χ3n) is 3.56. The van der Waals surface area contributed by atoms with Gasteiger partial charge in [0, 0.05) is 11.8 Å². The lowest BCUT2D eigenvalue weighted by Crippen LogP contribution is -2.19. The Balaban J connectivity index is 1.88. The molecular weight excluding hydrogens is 382 g/mol. The minimum absolute atomic E-state index is 0.0770. The van der Waals surface area contributed by atoms with Crippen molar-refractivity contribution in [3.63, 3.8) is 0 Å². The van der Waals surface area contributed by atoms with E-state index in [2.05, 4.69) is 13.4 Å². The van der Waals surface area contributed by atoms with Crippen LogP contribution in [0.15, 0.2) is 47.5 Å². The summed E-state index contributed by atoms with van der Waals surface area (Å²) in [7, 11) is -8.19. The van der Waals surface area contributed by atoms with Crippen LogP contribution in [0.25, 0.3) is 0 Å². The highest BCUT2D eigenvalue weighted by Gasteiger charge is 2.16. The standard InChI is InChI=1S/C15H15N3O6S2/c16-25(19,20)23-12-5-1-10(2-6-12)14-8-4-11-3-7-13(9-15(11)18-14)24-26(17,21)22/h1-3,5-7,9H,4,8H2,(H2,16,19,20)(H2,17,21,22). The van der Waals surface area contributed by atoms with Crippen molar-refractivity contribution in [1.29, 1.82) is 0 Å². The summed E-state index contributed by atoms with van der Waals surface area (Å²) in [4.78, 5) is 4.53. The van der Waals surface area contributed by atoms with Crippen molar-refractivity contribution in [3.8, 4) is 11.5 Å². The third-order valence-corrected chi connectivity index (χ3v) is 4.41. The first-order valence-electron chi connectivity index (χ1n) is 7.34. The van der Waals surface area contributed by atoms with Crippen molar-refractivity contribution in [2.75, 3.05) is 0 Å². The Morgan fingerprint density at radius 2 is 1.38 bits per heavy atom. The lowest BCUT2D eigenvalue weighted by molar-refractivity contribution is 0.486. The van der Waals surface area contributed by atoms with Gasteiger partial charge in [-0.05, 0) is 54.3 Å². The summed E-state index contributed by atoms with van der Waals surface area (Å²) >= 11 is 0. The van der Waals surface area contributed by atoms with E-state index in [9.17, 15) is 16.8 Å². The molecule has 0 aromatic heterocycles. The van der Waals surface area contributed by atoms with Crippen LogP contribution < -0.4 is 18.6 Å². The van der Waals surface area contributed by atoms with Gasteiger partial charge in [-0.25, -0.2) is 0 Å². The Kier molecular flexibility index (Phi) is 4.71. The van der Waals surface area contributed by atoms with Gasteiger partial charge in [-0.3, -0.25) is 4.99 Å². The first-order chi connectivity index (χ1) is 12.1. The number of fused-ring (bicyclic) bond motifs is 1. The molecule has 0 bridgehead atoms. The average Bonchev–Trinajstić information content (AvgIpc) is 2.52. The Hall–Kier alpha value is -2.47. The van der Waals surface area contributed by atoms with Crippen LogP contribution in [0.4, 0.5) is 5.69 Å². The zero-order valence-corrected chi connectivity index (χ0v) is 15.0. The van der Waals surface area contributed by atoms with Crippen molar-refractivity contribution in [3.05, 3.63) is 53.6 Å². The van der Waals surface area contributed by atoms with Gasteiger partial charge in [0.2, 0.25) is 0 Å². The van der Waals surface area contributed by atoms with Crippen molar-refractivity contribution in [2.45, 2.75) is 12.8 Å². The van der Waals surface area contributed by atoms with Crippen molar-refractivity contribution < 1.29 is 25.2 Å². The fourth-order valence-electron chi connectivity index (χ4n) is 2.55. The number of hydrogen-bond acceptors (Lipinski definition) is 7. The molecule has 0 radical (unpaired) electrons. The smallest absolute Gasteiger partial charge is 0.371 e. The van der Waals surface area contributed by atoms with E-state index in [0.717, 1.165) is 16.8 Å². The number of aryl methyl sites for hydroxylation is 1. The second-order valence-corrected chi connectivity index (χ2v) is 7.83. The zero-order valence-electron chi connectivity index (χ0n) is 13.3. The quantitative estimate of drug-likeness (QED) is 0.765. The van der Waals surface area contributed by atoms with Gasteiger partial charge in [0.05, 0.1) is 5.69 Å². The molecule has 1 aliphatic heterocycles. The summed E-state index contributed by atoms with van der Waals surface area (Å²) in [6.45, 7) is 0. The molecule has 0 spiro atoms. The van der Waals surface area contributed by atoms with E-state index in [0.29, 0.717) is 18.5 Å². The SMILES string of the molecule is NS(=O)(=O)Oc1ccc(C2=Nc3cc(OS(N)(=O)=O)ccc3CC2)cc1. The van der Waals surface area contributed by atoms with Gasteiger partial charge in [-0.2, -0.15) is 27.1 Å². The molecule has 138 valence electrons. The van der Waals surface area contributed by atoms with Crippen LogP contribution >= 0.6 is 0 Å². The number of nitrogens with zero attached hydrogens (tertiary/aromatic N) is 1. The normalized spacial score (nSPS) is 14.3. The fourth-order valence-corrected chi connectivity index (χ4v) is 3.30. The van der Waals surface area contributed by atoms with Crippen LogP contribution in [0.3, 0.4) is 0 Å². The van der Waals surface area contributed by atoms with E-state index in [1.54, 1.807) is 18.2 Å². The first kappa shape index (κ1) is 18.3. The van der Waals surface area contributed by atoms with E-state index in [4.69, 9.17) is 10.3 Å². The predicted octanol–water partition coefficient (Wildman–Crippen LogP) is 0.918. The molecular formula is C15H15N3O6S2. The second kappa shape index (κ2) is 6.68. The van der Waals surface area contributed by atoms with E-state index in [1.165, 1.54) is 24.3 Å². The van der Waals surface area contributed by atoms with Gasteiger partial charge in [-0.1, -0.05) is 6.07 Å². The molecule has 2 aromatic carbocycles. The van der Waals surface area contributed by atoms with Crippen LogP contribution in [0.5, 0.6) is 11.5 Å². The molecule has 0 amide bonds. The molecule has 9 nitrogen and oxygen atoms in total. The minimum atomic E-state index is -4.11. The van der Waals surface area contributed by atoms with Gasteiger partial charge in [0.15, 0.2) is 0 Å². The van der Waals surface area contributed by atoms with Crippen molar-refractivity contribution >= 4 is 32.0 Å². The molecule has 0 atom stereocenters. The van der Waals surface area contributed by atoms with Crippen LogP contribution in [-0.2, 0) is 27.0 Å². The summed E-state index contributed by atoms with van der Waals surface area (Å²) in [5, 5.41) is 9.69. The number of benzene rings is 2. The van der Waals surface area contributed by atoms with Crippen molar-refractivity contribution in [2.24, 2.45) is 15.3 Å². The van der Waals surface area contributed by atoms with Crippen LogP contribution in [-0.4, -0.2) is 22.5 Å². The summed E-state index contributed by atoms with van der Waals surface area (Å²) < 4.78 is 53.2. The van der Waals surface area contributed by atoms with Gasteiger partial charge < -0.3 is 8.37 Å². The Bertz CT molecular complexity index is 1080. The maximum absolute atomic E-state index is 11.0. The van der Waals surface area contributed by atoms with Crippen LogP contribution in [0.1, 0.15) is 17.5 Å². The largest absolute Gasteiger partial charge is 0.380 e. The highest BCUT2D eigenvalue weighted by molar-refractivity contribution is 7.85. The molecule has 4 N–H and O–H groups in total. The summed E-state index contributed by atoms with van der Waals surface area (Å²) in [5.41, 5.74) is 3.06. The molecule has 1 heterocycles. The zero-order chi connectivity index (χ0) is 18.9. The van der Waals surface area contributed by atoms with E-state index < -0.39 is 20.6 Å². The lowest BCUT2D eigenvalue weighted by Gasteiger charge is -2.16. The highest BCUT2D eigenvalue weighted by Crippen LogP contribution is 2.32. The van der Waals surface area contributed by atoms with Crippen LogP contribution in [0.2, 0.25) is 0 Å². The molecule has 0 fully saturated rings. The summed E-state index contributed by atoms with van der Waals surface area (Å²) in [5.74, 6) is 0.171. The Labute approximate surface area is 150 Å². The molecule has 0 saturated carbocycles. The van der Waals surface area contributed by atoms with E-state index in [-0.39, 0.29) is 11.5 Å². The monoisotopic (exact) mass is 397 g/mol. The number of rotatable bonds is 5. The van der Waals surface area contributed by atoms with Gasteiger partial charge in [-0.15, -0.1) is 0 Å². The van der Waals surface area contributed by atoms with Gasteiger partial charge >= 0.3 is 20.6 Å². The van der Waals surface area contributed by atoms with E-state index >= 15 is 0 Å². The fraction of sp³-hybridized carbons (Fsp3) is 0.133. The molecule has 0 unspecified atom stereocenters. The summed E-state index contributed by atoms with van der Waals surface area (Å²) in [6, 6.07) is 11.0. The van der Waals surface area contributed by atoms with Crippen LogP contribution in [0, 0.1) is 0 Å². The predicted molar refractivity (Wildman–Crippen MR) is 94.9 cm³/mol. The first-order valence-corrected chi connectivity index (χ1v) is 10.3. The molecule has 0 saturated heterocycles. The molecule has 11 heteroatoms. The van der Waals surface area contributed by atoms with Gasteiger partial charge in [0.25, 0.3) is 0 Å². The lowest BCUT2D eigenvalue weighted by atomic mass is 9.97. The van der Waals surface area contributed by atoms with Gasteiger partial charge in [0.1, 0.15) is 11.5 Å². The Morgan fingerprint density at radius 3 is 2.00 bits per heavy atom. The minimum Gasteiger partial charge on any atom is -0.371 e. The number of hydrogen-bond donors (Lipinski definition) is 2. The third kappa shape index (κ3) is 4.79. The average molecular weight is 397 g/mol. The molecule has 0 aliphatic carbocycles. The molecule has 26 heavy (non-hydrogen) atoms. The maximum atomic E-state index is 11.0. The molecule has 2 aromatic rings. The number of aliphatic imine (C=N–C) groups is 1. The maximum Gasteiger partial charge on any atom is 0.380 e. The second-order valence-electron chi connectivity index (χ2n) is 5.53. The number of nitrogens with two attached hydrogens (primary N) is 2. The van der Waals surface area contributed by atoms with E-state index in [1.807, 2.05) is 0 Å². The van der Waals surface area contributed by atoms with Crippen molar-refractivity contribution in [1.82, 2.24) is 0 Å². The molecule has 1 aliphatic rings. The topological polar surface area (TPSA) is 151 Å². The Morgan fingerprint density at radius 1 is 0.808 bits per heavy atom. The molecule has 3 rings (SSSR count). The summed E-state index contributed by atoms with van der Waals surface area (Å²) in [6.07, 6.45) is 1.37.